The molecule has 2 fully saturated rings. The van der Waals surface area contributed by atoms with Gasteiger partial charge in [0.1, 0.15) is 48.6 Å². The van der Waals surface area contributed by atoms with Crippen molar-refractivity contribution in [1.29, 1.82) is 0 Å². The molecule has 6 rings (SSSR count). The summed E-state index contributed by atoms with van der Waals surface area (Å²) in [5, 5.41) is 0. The molecule has 358 valence electrons. The molecule has 4 aromatic rings. The van der Waals surface area contributed by atoms with Crippen LogP contribution in [0.15, 0.2) is 131 Å². The zero-order valence-corrected chi connectivity index (χ0v) is 42.6. The summed E-state index contributed by atoms with van der Waals surface area (Å²) in [7, 11) is 0. The van der Waals surface area contributed by atoms with Crippen LogP contribution in [0.25, 0.3) is 0 Å². The molecule has 0 saturated heterocycles. The van der Waals surface area contributed by atoms with E-state index in [1.807, 2.05) is 68.0 Å². The molecule has 8 nitrogen and oxygen atoms in total. The third-order valence-corrected chi connectivity index (χ3v) is 14.5. The molecular formula is C57H70O8S2. The molecule has 2 aliphatic rings. The minimum Gasteiger partial charge on any atom is -0.489 e. The summed E-state index contributed by atoms with van der Waals surface area (Å²) < 4.78 is 37.8. The first-order chi connectivity index (χ1) is 32.1. The van der Waals surface area contributed by atoms with Crippen molar-refractivity contribution in [3.05, 3.63) is 143 Å². The number of thioether (sulfide) groups is 2. The smallest absolute Gasteiger partial charge is 0.338 e. The van der Waals surface area contributed by atoms with Crippen LogP contribution in [0.2, 0.25) is 0 Å². The number of carbonyl (C=O) groups excluding carboxylic acids is 2. The van der Waals surface area contributed by atoms with Crippen LogP contribution < -0.4 is 18.9 Å². The minimum atomic E-state index is -1.10. The molecular weight excluding hydrogens is 877 g/mol. The van der Waals surface area contributed by atoms with E-state index >= 15 is 0 Å². The van der Waals surface area contributed by atoms with Crippen LogP contribution >= 0.6 is 23.5 Å². The molecule has 0 aromatic heterocycles. The predicted molar refractivity (Wildman–Crippen MR) is 273 cm³/mol. The lowest BCUT2D eigenvalue weighted by Gasteiger charge is -2.33. The Labute approximate surface area is 408 Å². The highest BCUT2D eigenvalue weighted by Gasteiger charge is 2.34. The summed E-state index contributed by atoms with van der Waals surface area (Å²) in [4.78, 5) is 28.0. The molecule has 1 atom stereocenters. The third-order valence-electron chi connectivity index (χ3n) is 13.0. The van der Waals surface area contributed by atoms with E-state index in [2.05, 4.69) is 63.4 Å². The maximum Gasteiger partial charge on any atom is 0.338 e. The van der Waals surface area contributed by atoms with Gasteiger partial charge >= 0.3 is 11.9 Å². The summed E-state index contributed by atoms with van der Waals surface area (Å²) in [6.45, 7) is 19.3. The van der Waals surface area contributed by atoms with Crippen LogP contribution in [-0.4, -0.2) is 49.9 Å². The number of hydrogen-bond donors (Lipinski definition) is 0. The van der Waals surface area contributed by atoms with Crippen molar-refractivity contribution in [1.82, 2.24) is 0 Å². The summed E-state index contributed by atoms with van der Waals surface area (Å²) in [5.41, 5.74) is 3.80. The lowest BCUT2D eigenvalue weighted by atomic mass is 9.74. The Morgan fingerprint density at radius 3 is 1.55 bits per heavy atom. The van der Waals surface area contributed by atoms with E-state index in [0.717, 1.165) is 65.4 Å². The highest BCUT2D eigenvalue weighted by molar-refractivity contribution is 7.98. The van der Waals surface area contributed by atoms with E-state index in [1.165, 1.54) is 42.4 Å². The molecule has 0 aliphatic heterocycles. The van der Waals surface area contributed by atoms with E-state index in [9.17, 15) is 9.59 Å². The molecule has 0 N–H and O–H groups in total. The van der Waals surface area contributed by atoms with Crippen LogP contribution in [0.5, 0.6) is 23.0 Å². The fraction of sp³-hybridized carbons (Fsp3) is 0.439. The van der Waals surface area contributed by atoms with E-state index < -0.39 is 23.0 Å². The van der Waals surface area contributed by atoms with Gasteiger partial charge in [-0.15, -0.1) is 23.5 Å². The zero-order valence-electron chi connectivity index (χ0n) is 40.9. The Bertz CT molecular complexity index is 2370. The SMILES string of the molecule is C=C(C)C(=O)O/C(C)=C(\COc1ccc(SC)cc1)Oc1ccc(C(C)(C)c2ccc(OCC(C)(COc3ccc(SC)cc3)OC(=O)C(=C)C)c(C3CCCCC3)c2)cc1C1CCCCC1. The van der Waals surface area contributed by atoms with Gasteiger partial charge in [0.05, 0.1) is 0 Å². The van der Waals surface area contributed by atoms with Crippen LogP contribution in [0.3, 0.4) is 0 Å². The molecule has 2 saturated carbocycles. The second kappa shape index (κ2) is 23.8. The molecule has 0 amide bonds. The Kier molecular flexibility index (Phi) is 18.2. The molecule has 10 heteroatoms. The molecule has 1 unspecified atom stereocenters. The second-order valence-electron chi connectivity index (χ2n) is 18.9. The Morgan fingerprint density at radius 1 is 0.597 bits per heavy atom. The maximum absolute atomic E-state index is 13.0. The number of ether oxygens (including phenoxy) is 6. The number of hydrogen-bond acceptors (Lipinski definition) is 10. The standard InChI is InChI=1S/C57H70O8S2/c1-38(2)54(58)63-40(5)53(35-60-45-23-27-47(66-9)28-24-45)64-52-32-22-44(34-50(52)42-19-15-12-16-20-42)56(6,7)43-21-31-51(49(33-43)41-17-13-11-14-18-41)62-37-57(8,65-55(59)39(3)4)36-61-46-25-29-48(67-10)30-26-46/h21-34,41-42H,1,3,11-20,35-37H2,2,4-10H3/b53-40+. The van der Waals surface area contributed by atoms with Gasteiger partial charge in [-0.25, -0.2) is 9.59 Å². The fourth-order valence-electron chi connectivity index (χ4n) is 8.72. The number of rotatable bonds is 21. The summed E-state index contributed by atoms with van der Waals surface area (Å²) in [6.07, 6.45) is 15.4. The largest absolute Gasteiger partial charge is 0.489 e. The van der Waals surface area contributed by atoms with Crippen molar-refractivity contribution in [2.45, 2.75) is 138 Å². The average molecular weight is 947 g/mol. The lowest BCUT2D eigenvalue weighted by Crippen LogP contribution is -2.44. The molecule has 0 spiro atoms. The van der Waals surface area contributed by atoms with Crippen molar-refractivity contribution in [2.75, 3.05) is 32.3 Å². The number of benzene rings is 4. The monoisotopic (exact) mass is 946 g/mol. The van der Waals surface area contributed by atoms with E-state index in [0.29, 0.717) is 46.0 Å². The Balaban J connectivity index is 1.32. The minimum absolute atomic E-state index is 0.0677. The first kappa shape index (κ1) is 51.3. The van der Waals surface area contributed by atoms with Crippen molar-refractivity contribution in [3.8, 4) is 23.0 Å². The summed E-state index contributed by atoms with van der Waals surface area (Å²) in [6, 6.07) is 29.0. The van der Waals surface area contributed by atoms with Crippen molar-refractivity contribution < 1.29 is 38.0 Å². The van der Waals surface area contributed by atoms with Crippen LogP contribution in [0.1, 0.15) is 140 Å². The molecule has 0 heterocycles. The molecule has 0 radical (unpaired) electrons. The van der Waals surface area contributed by atoms with Gasteiger partial charge in [0.2, 0.25) is 0 Å². The first-order valence-electron chi connectivity index (χ1n) is 23.7. The first-order valence-corrected chi connectivity index (χ1v) is 26.1. The van der Waals surface area contributed by atoms with Crippen LogP contribution in [0, 0.1) is 0 Å². The third kappa shape index (κ3) is 14.0. The summed E-state index contributed by atoms with van der Waals surface area (Å²) >= 11 is 3.33. The van der Waals surface area contributed by atoms with Gasteiger partial charge in [0, 0.05) is 26.4 Å². The van der Waals surface area contributed by atoms with Gasteiger partial charge in [-0.05, 0) is 161 Å². The lowest BCUT2D eigenvalue weighted by molar-refractivity contribution is -0.159. The fourth-order valence-corrected chi connectivity index (χ4v) is 9.54. The number of esters is 2. The topological polar surface area (TPSA) is 89.5 Å². The van der Waals surface area contributed by atoms with E-state index in [1.54, 1.807) is 44.3 Å². The van der Waals surface area contributed by atoms with Gasteiger partial charge in [0.25, 0.3) is 0 Å². The Hall–Kier alpha value is -5.06. The van der Waals surface area contributed by atoms with Gasteiger partial charge in [-0.3, -0.25) is 0 Å². The average Bonchev–Trinajstić information content (AvgIpc) is 3.34. The molecule has 2 aliphatic carbocycles. The predicted octanol–water partition coefficient (Wildman–Crippen LogP) is 14.7. The quantitative estimate of drug-likeness (QED) is 0.0348. The molecule has 67 heavy (non-hydrogen) atoms. The van der Waals surface area contributed by atoms with Gasteiger partial charge in [0.15, 0.2) is 11.4 Å². The van der Waals surface area contributed by atoms with Gasteiger partial charge < -0.3 is 28.4 Å². The van der Waals surface area contributed by atoms with Gasteiger partial charge in [-0.2, -0.15) is 0 Å². The van der Waals surface area contributed by atoms with E-state index in [4.69, 9.17) is 28.4 Å². The van der Waals surface area contributed by atoms with Crippen molar-refractivity contribution in [2.24, 2.45) is 0 Å². The zero-order chi connectivity index (χ0) is 48.1. The highest BCUT2D eigenvalue weighted by atomic mass is 32.2. The van der Waals surface area contributed by atoms with Crippen LogP contribution in [-0.2, 0) is 24.5 Å². The molecule has 0 bridgehead atoms. The number of carbonyl (C=O) groups is 2. The maximum atomic E-state index is 13.0. The number of allylic oxidation sites excluding steroid dienone is 1. The highest BCUT2D eigenvalue weighted by Crippen LogP contribution is 2.45. The van der Waals surface area contributed by atoms with Crippen molar-refractivity contribution in [3.63, 3.8) is 0 Å². The molecule has 4 aromatic carbocycles. The Morgan fingerprint density at radius 2 is 1.06 bits per heavy atom. The van der Waals surface area contributed by atoms with Crippen molar-refractivity contribution >= 4 is 35.5 Å². The van der Waals surface area contributed by atoms with Gasteiger partial charge in [-0.1, -0.05) is 89.8 Å². The van der Waals surface area contributed by atoms with E-state index in [-0.39, 0.29) is 19.8 Å². The summed E-state index contributed by atoms with van der Waals surface area (Å²) in [5.74, 6) is 3.29. The normalized spacial score (nSPS) is 15.9. The van der Waals surface area contributed by atoms with Crippen LogP contribution in [0.4, 0.5) is 0 Å². The second-order valence-corrected chi connectivity index (χ2v) is 20.6.